The number of furan rings is 1. The first-order valence-electron chi connectivity index (χ1n) is 15.7. The Kier molecular flexibility index (Phi) is 6.00. The van der Waals surface area contributed by atoms with Gasteiger partial charge in [-0.25, -0.2) is 0 Å². The summed E-state index contributed by atoms with van der Waals surface area (Å²) < 4.78 is 6.19. The normalized spacial score (nSPS) is 15.5. The van der Waals surface area contributed by atoms with Gasteiger partial charge in [0.25, 0.3) is 0 Å². The van der Waals surface area contributed by atoms with E-state index in [4.69, 9.17) is 4.42 Å². The Morgan fingerprint density at radius 2 is 1.05 bits per heavy atom. The van der Waals surface area contributed by atoms with Crippen LogP contribution in [0.4, 0.5) is 17.1 Å². The van der Waals surface area contributed by atoms with E-state index in [2.05, 4.69) is 148 Å². The fourth-order valence-corrected chi connectivity index (χ4v) is 7.17. The molecule has 0 radical (unpaired) electrons. The van der Waals surface area contributed by atoms with Crippen molar-refractivity contribution in [3.63, 3.8) is 0 Å². The van der Waals surface area contributed by atoms with E-state index < -0.39 is 0 Å². The molecule has 7 aromatic rings. The average molecular weight is 572 g/mol. The minimum absolute atomic E-state index is 0.162. The molecule has 0 amide bonds. The molecule has 0 atom stereocenters. The zero-order valence-corrected chi connectivity index (χ0v) is 25.9. The average Bonchev–Trinajstić information content (AvgIpc) is 3.42. The van der Waals surface area contributed by atoms with Gasteiger partial charge in [0, 0.05) is 27.8 Å². The zero-order valence-electron chi connectivity index (χ0n) is 25.9. The van der Waals surface area contributed by atoms with E-state index in [0.29, 0.717) is 0 Å². The SMILES string of the molecule is CC1(C)CCC(C)(C)c2cc3cc(N(c4ccc(-c5ccccc5)cc4)c4ccc5oc6ccccc6c5c4)ccc3cc21. The van der Waals surface area contributed by atoms with Gasteiger partial charge in [0.1, 0.15) is 11.2 Å². The number of anilines is 3. The molecule has 8 rings (SSSR count). The first-order valence-corrected chi connectivity index (χ1v) is 15.7. The maximum Gasteiger partial charge on any atom is 0.135 e. The van der Waals surface area contributed by atoms with E-state index in [1.54, 1.807) is 0 Å². The number of nitrogens with zero attached hydrogens (tertiary/aromatic N) is 1. The molecule has 0 bridgehead atoms. The summed E-state index contributed by atoms with van der Waals surface area (Å²) in [4.78, 5) is 2.38. The smallest absolute Gasteiger partial charge is 0.135 e. The van der Waals surface area contributed by atoms with E-state index in [-0.39, 0.29) is 10.8 Å². The summed E-state index contributed by atoms with van der Waals surface area (Å²) in [5.41, 5.74) is 11.0. The van der Waals surface area contributed by atoms with Crippen LogP contribution in [0.15, 0.2) is 132 Å². The Morgan fingerprint density at radius 3 is 1.80 bits per heavy atom. The van der Waals surface area contributed by atoms with E-state index in [1.807, 2.05) is 12.1 Å². The molecular formula is C42H37NO. The highest BCUT2D eigenvalue weighted by Gasteiger charge is 2.37. The molecule has 2 nitrogen and oxygen atoms in total. The Morgan fingerprint density at radius 1 is 0.477 bits per heavy atom. The molecule has 6 aromatic carbocycles. The molecule has 0 fully saturated rings. The predicted molar refractivity (Wildman–Crippen MR) is 187 cm³/mol. The lowest BCUT2D eigenvalue weighted by Crippen LogP contribution is -2.33. The highest BCUT2D eigenvalue weighted by atomic mass is 16.3. The molecule has 0 saturated carbocycles. The van der Waals surface area contributed by atoms with Crippen LogP contribution in [0.2, 0.25) is 0 Å². The van der Waals surface area contributed by atoms with Gasteiger partial charge in [-0.15, -0.1) is 0 Å². The second kappa shape index (κ2) is 9.86. The number of hydrogen-bond acceptors (Lipinski definition) is 2. The van der Waals surface area contributed by atoms with Crippen molar-refractivity contribution >= 4 is 49.8 Å². The Labute approximate surface area is 259 Å². The van der Waals surface area contributed by atoms with Gasteiger partial charge in [0.2, 0.25) is 0 Å². The summed E-state index contributed by atoms with van der Waals surface area (Å²) in [6.07, 6.45) is 2.42. The van der Waals surface area contributed by atoms with Crippen LogP contribution in [0.25, 0.3) is 43.8 Å². The number of para-hydroxylation sites is 1. The molecule has 2 heteroatoms. The third-order valence-corrected chi connectivity index (χ3v) is 9.90. The van der Waals surface area contributed by atoms with Crippen LogP contribution in [0.3, 0.4) is 0 Å². The summed E-state index contributed by atoms with van der Waals surface area (Å²) >= 11 is 0. The Bertz CT molecular complexity index is 2170. The molecule has 216 valence electrons. The van der Waals surface area contributed by atoms with Crippen molar-refractivity contribution in [3.05, 3.63) is 139 Å². The van der Waals surface area contributed by atoms with Crippen molar-refractivity contribution in [2.45, 2.75) is 51.4 Å². The maximum absolute atomic E-state index is 6.19. The van der Waals surface area contributed by atoms with Crippen molar-refractivity contribution in [3.8, 4) is 11.1 Å². The van der Waals surface area contributed by atoms with Gasteiger partial charge >= 0.3 is 0 Å². The second-order valence-corrected chi connectivity index (χ2v) is 13.7. The van der Waals surface area contributed by atoms with Crippen molar-refractivity contribution in [2.24, 2.45) is 0 Å². The fourth-order valence-electron chi connectivity index (χ4n) is 7.17. The molecule has 1 aliphatic rings. The standard InChI is InChI=1S/C42H37NO/c1-41(2)22-23-42(3,4)38-26-31-24-33(19-16-30(31)25-37(38)41)43(32-17-14-29(15-18-32)28-10-6-5-7-11-28)34-20-21-40-36(27-34)35-12-8-9-13-39(35)44-40/h5-21,24-27H,22-23H2,1-4H3. The van der Waals surface area contributed by atoms with E-state index in [0.717, 1.165) is 39.0 Å². The van der Waals surface area contributed by atoms with Crippen LogP contribution >= 0.6 is 0 Å². The highest BCUT2D eigenvalue weighted by Crippen LogP contribution is 2.48. The zero-order chi connectivity index (χ0) is 30.1. The predicted octanol–water partition coefficient (Wildman–Crippen LogP) is 12.2. The van der Waals surface area contributed by atoms with Gasteiger partial charge in [-0.05, 0) is 105 Å². The first-order chi connectivity index (χ1) is 21.3. The topological polar surface area (TPSA) is 16.4 Å². The van der Waals surface area contributed by atoms with Gasteiger partial charge in [0.05, 0.1) is 0 Å². The quantitative estimate of drug-likeness (QED) is 0.209. The molecule has 0 aliphatic heterocycles. The maximum atomic E-state index is 6.19. The van der Waals surface area contributed by atoms with Crippen molar-refractivity contribution in [1.29, 1.82) is 0 Å². The lowest BCUT2D eigenvalue weighted by atomic mass is 9.63. The number of hydrogen-bond donors (Lipinski definition) is 0. The number of fused-ring (bicyclic) bond motifs is 5. The van der Waals surface area contributed by atoms with Gasteiger partial charge in [-0.1, -0.05) is 107 Å². The summed E-state index contributed by atoms with van der Waals surface area (Å²) in [5, 5.41) is 4.85. The monoisotopic (exact) mass is 571 g/mol. The molecular weight excluding hydrogens is 534 g/mol. The molecule has 0 unspecified atom stereocenters. The minimum atomic E-state index is 0.162. The van der Waals surface area contributed by atoms with Crippen LogP contribution in [0, 0.1) is 0 Å². The van der Waals surface area contributed by atoms with Crippen LogP contribution in [-0.2, 0) is 10.8 Å². The van der Waals surface area contributed by atoms with Crippen LogP contribution in [-0.4, -0.2) is 0 Å². The second-order valence-electron chi connectivity index (χ2n) is 13.7. The van der Waals surface area contributed by atoms with Crippen LogP contribution in [0.1, 0.15) is 51.7 Å². The molecule has 1 aromatic heterocycles. The lowest BCUT2D eigenvalue weighted by Gasteiger charge is -2.42. The van der Waals surface area contributed by atoms with Gasteiger partial charge in [-0.2, -0.15) is 0 Å². The van der Waals surface area contributed by atoms with E-state index >= 15 is 0 Å². The van der Waals surface area contributed by atoms with Gasteiger partial charge in [0.15, 0.2) is 0 Å². The lowest BCUT2D eigenvalue weighted by molar-refractivity contribution is 0.332. The molecule has 0 spiro atoms. The largest absolute Gasteiger partial charge is 0.456 e. The van der Waals surface area contributed by atoms with Crippen LogP contribution in [0.5, 0.6) is 0 Å². The van der Waals surface area contributed by atoms with Crippen molar-refractivity contribution in [2.75, 3.05) is 4.90 Å². The van der Waals surface area contributed by atoms with Gasteiger partial charge in [-0.3, -0.25) is 0 Å². The summed E-state index contributed by atoms with van der Waals surface area (Å²) in [7, 11) is 0. The van der Waals surface area contributed by atoms with Crippen molar-refractivity contribution < 1.29 is 4.42 Å². The molecule has 0 N–H and O–H groups in total. The van der Waals surface area contributed by atoms with E-state index in [1.165, 1.54) is 45.9 Å². The number of benzene rings is 6. The van der Waals surface area contributed by atoms with E-state index in [9.17, 15) is 0 Å². The Hall–Kier alpha value is -4.82. The molecule has 44 heavy (non-hydrogen) atoms. The third kappa shape index (κ3) is 4.40. The first kappa shape index (κ1) is 26.8. The molecule has 0 saturated heterocycles. The number of rotatable bonds is 4. The summed E-state index contributed by atoms with van der Waals surface area (Å²) in [6, 6.07) is 46.3. The van der Waals surface area contributed by atoms with Gasteiger partial charge < -0.3 is 9.32 Å². The highest BCUT2D eigenvalue weighted by molar-refractivity contribution is 6.06. The summed E-state index contributed by atoms with van der Waals surface area (Å²) in [5.74, 6) is 0. The Balaban J connectivity index is 1.31. The fraction of sp³-hybridized carbons (Fsp3) is 0.190. The summed E-state index contributed by atoms with van der Waals surface area (Å²) in [6.45, 7) is 9.61. The molecule has 1 heterocycles. The molecule has 1 aliphatic carbocycles. The van der Waals surface area contributed by atoms with Crippen molar-refractivity contribution in [1.82, 2.24) is 0 Å². The third-order valence-electron chi connectivity index (χ3n) is 9.90. The minimum Gasteiger partial charge on any atom is -0.456 e. The van der Waals surface area contributed by atoms with Crippen LogP contribution < -0.4 is 4.90 Å².